The summed E-state index contributed by atoms with van der Waals surface area (Å²) in [6.45, 7) is 12.4. The fourth-order valence-electron chi connectivity index (χ4n) is 4.88. The number of nitrogens with one attached hydrogen (secondary N) is 1. The van der Waals surface area contributed by atoms with Crippen molar-refractivity contribution in [3.05, 3.63) is 53.2 Å². The molecule has 32 heavy (non-hydrogen) atoms. The normalized spacial score (nSPS) is 18.6. The lowest BCUT2D eigenvalue weighted by Gasteiger charge is -2.39. The first-order valence-corrected chi connectivity index (χ1v) is 11.3. The Bertz CT molecular complexity index is 1070. The molecule has 3 heterocycles. The number of rotatable bonds is 6. The number of amides is 1. The Morgan fingerprint density at radius 1 is 1.34 bits per heavy atom. The molecule has 1 fully saturated rings. The monoisotopic (exact) mass is 455 g/mol. The number of carbonyl (C=O) groups excluding carboxylic acids is 1. The second-order valence-electron chi connectivity index (χ2n) is 8.47. The van der Waals surface area contributed by atoms with Gasteiger partial charge in [-0.15, -0.1) is 0 Å². The van der Waals surface area contributed by atoms with Crippen LogP contribution >= 0.6 is 11.6 Å². The number of anilines is 1. The first-order chi connectivity index (χ1) is 15.3. The molecule has 0 saturated carbocycles. The van der Waals surface area contributed by atoms with E-state index in [2.05, 4.69) is 23.4 Å². The lowest BCUT2D eigenvalue weighted by Crippen LogP contribution is -2.38. The van der Waals surface area contributed by atoms with Crippen LogP contribution in [-0.2, 0) is 0 Å². The lowest BCUT2D eigenvalue weighted by atomic mass is 9.86. The van der Waals surface area contributed by atoms with E-state index in [0.29, 0.717) is 39.3 Å². The third-order valence-electron chi connectivity index (χ3n) is 6.72. The Kier molecular flexibility index (Phi) is 6.20. The van der Waals surface area contributed by atoms with Crippen LogP contribution in [0.5, 0.6) is 5.75 Å². The van der Waals surface area contributed by atoms with Gasteiger partial charge in [0.2, 0.25) is 0 Å². The highest BCUT2D eigenvalue weighted by Gasteiger charge is 2.35. The van der Waals surface area contributed by atoms with Gasteiger partial charge in [0, 0.05) is 41.5 Å². The molecule has 4 rings (SSSR count). The Labute approximate surface area is 193 Å². The van der Waals surface area contributed by atoms with Gasteiger partial charge in [-0.05, 0) is 50.3 Å². The SMILES string of the molecule is C=CC(=C)N1CCC(C2CCNc3c(C(N)=O)c(-c4cc(Cl)c(C)c(OC)c4)nn32)CC1. The summed E-state index contributed by atoms with van der Waals surface area (Å²) in [6.07, 6.45) is 4.81. The van der Waals surface area contributed by atoms with Gasteiger partial charge in [-0.2, -0.15) is 5.10 Å². The number of methoxy groups -OCH3 is 1. The molecule has 170 valence electrons. The predicted molar refractivity (Wildman–Crippen MR) is 128 cm³/mol. The minimum Gasteiger partial charge on any atom is -0.496 e. The smallest absolute Gasteiger partial charge is 0.254 e. The summed E-state index contributed by atoms with van der Waals surface area (Å²) in [5.41, 5.74) is 9.28. The van der Waals surface area contributed by atoms with E-state index < -0.39 is 5.91 Å². The Morgan fingerprint density at radius 3 is 2.69 bits per heavy atom. The molecular formula is C24H30ClN5O2. The first-order valence-electron chi connectivity index (χ1n) is 10.9. The average Bonchev–Trinajstić information content (AvgIpc) is 3.20. The van der Waals surface area contributed by atoms with Crippen LogP contribution < -0.4 is 15.8 Å². The Morgan fingerprint density at radius 2 is 2.06 bits per heavy atom. The molecule has 0 bridgehead atoms. The van der Waals surface area contributed by atoms with Crippen molar-refractivity contribution in [2.45, 2.75) is 32.2 Å². The van der Waals surface area contributed by atoms with Crippen molar-refractivity contribution < 1.29 is 9.53 Å². The van der Waals surface area contributed by atoms with Gasteiger partial charge >= 0.3 is 0 Å². The predicted octanol–water partition coefficient (Wildman–Crippen LogP) is 4.39. The summed E-state index contributed by atoms with van der Waals surface area (Å²) in [5.74, 6) is 1.28. The number of nitrogens with zero attached hydrogens (tertiary/aromatic N) is 3. The van der Waals surface area contributed by atoms with Crippen molar-refractivity contribution in [3.8, 4) is 17.0 Å². The van der Waals surface area contributed by atoms with Crippen molar-refractivity contribution in [3.63, 3.8) is 0 Å². The summed E-state index contributed by atoms with van der Waals surface area (Å²) in [7, 11) is 1.60. The van der Waals surface area contributed by atoms with Gasteiger partial charge in [0.1, 0.15) is 22.8 Å². The van der Waals surface area contributed by atoms with Gasteiger partial charge in [0.15, 0.2) is 0 Å². The summed E-state index contributed by atoms with van der Waals surface area (Å²) in [6, 6.07) is 3.87. The fourth-order valence-corrected chi connectivity index (χ4v) is 5.09. The molecule has 1 saturated heterocycles. The second-order valence-corrected chi connectivity index (χ2v) is 8.88. The maximum Gasteiger partial charge on any atom is 0.254 e. The van der Waals surface area contributed by atoms with Crippen molar-refractivity contribution >= 4 is 23.3 Å². The standard InChI is InChI=1S/C24H30ClN5O2/c1-5-14(2)29-10-7-16(8-11-29)19-6-9-27-24-21(23(26)31)22(28-30(19)24)17-12-18(25)15(3)20(13-17)32-4/h5,12-13,16,19,27H,1-2,6-11H2,3-4H3,(H2,26,31). The van der Waals surface area contributed by atoms with E-state index in [9.17, 15) is 4.79 Å². The van der Waals surface area contributed by atoms with Crippen LogP contribution in [0.3, 0.4) is 0 Å². The third-order valence-corrected chi connectivity index (χ3v) is 7.11. The number of halogens is 1. The summed E-state index contributed by atoms with van der Waals surface area (Å²) in [5, 5.41) is 8.82. The second kappa shape index (κ2) is 8.90. The van der Waals surface area contributed by atoms with Crippen LogP contribution in [0.25, 0.3) is 11.3 Å². The molecule has 2 aliphatic heterocycles. The van der Waals surface area contributed by atoms with Gasteiger partial charge in [0.05, 0.1) is 13.2 Å². The Hall–Kier alpha value is -2.93. The van der Waals surface area contributed by atoms with Gasteiger partial charge < -0.3 is 20.7 Å². The number of piperidine rings is 1. The highest BCUT2D eigenvalue weighted by Crippen LogP contribution is 2.41. The maximum absolute atomic E-state index is 12.5. The molecule has 1 unspecified atom stereocenters. The highest BCUT2D eigenvalue weighted by atomic mass is 35.5. The highest BCUT2D eigenvalue weighted by molar-refractivity contribution is 6.31. The van der Waals surface area contributed by atoms with Crippen molar-refractivity contribution in [1.82, 2.24) is 14.7 Å². The zero-order valence-corrected chi connectivity index (χ0v) is 19.4. The molecular weight excluding hydrogens is 426 g/mol. The van der Waals surface area contributed by atoms with Crippen molar-refractivity contribution in [2.75, 3.05) is 32.1 Å². The number of allylic oxidation sites excluding steroid dienone is 1. The van der Waals surface area contributed by atoms with E-state index in [1.54, 1.807) is 7.11 Å². The van der Waals surface area contributed by atoms with Crippen LogP contribution in [0.2, 0.25) is 5.02 Å². The molecule has 1 aromatic carbocycles. The summed E-state index contributed by atoms with van der Waals surface area (Å²) >= 11 is 6.44. The topological polar surface area (TPSA) is 85.4 Å². The van der Waals surface area contributed by atoms with Crippen LogP contribution in [0.15, 0.2) is 37.1 Å². The average molecular weight is 456 g/mol. The number of hydrogen-bond acceptors (Lipinski definition) is 5. The molecule has 1 aromatic heterocycles. The molecule has 0 radical (unpaired) electrons. The van der Waals surface area contributed by atoms with Crippen molar-refractivity contribution in [2.24, 2.45) is 11.7 Å². The lowest BCUT2D eigenvalue weighted by molar-refractivity contribution is 0.100. The zero-order chi connectivity index (χ0) is 23.0. The summed E-state index contributed by atoms with van der Waals surface area (Å²) in [4.78, 5) is 14.8. The molecule has 1 atom stereocenters. The molecule has 8 heteroatoms. The quantitative estimate of drug-likeness (QED) is 0.631. The number of likely N-dealkylation sites (tertiary alicyclic amines) is 1. The number of primary amides is 1. The third kappa shape index (κ3) is 3.86. The van der Waals surface area contributed by atoms with E-state index in [4.69, 9.17) is 27.2 Å². The largest absolute Gasteiger partial charge is 0.496 e. The van der Waals surface area contributed by atoms with E-state index in [1.165, 1.54) is 0 Å². The fraction of sp³-hybridized carbons (Fsp3) is 0.417. The van der Waals surface area contributed by atoms with Gasteiger partial charge in [-0.1, -0.05) is 24.8 Å². The molecule has 2 aromatic rings. The molecule has 3 N–H and O–H groups in total. The van der Waals surface area contributed by atoms with E-state index in [1.807, 2.05) is 29.8 Å². The Balaban J connectivity index is 1.72. The van der Waals surface area contributed by atoms with Crippen molar-refractivity contribution in [1.29, 1.82) is 0 Å². The number of aromatic nitrogens is 2. The summed E-state index contributed by atoms with van der Waals surface area (Å²) < 4.78 is 7.45. The number of carbonyl (C=O) groups is 1. The minimum absolute atomic E-state index is 0.195. The van der Waals surface area contributed by atoms with E-state index in [-0.39, 0.29) is 6.04 Å². The van der Waals surface area contributed by atoms with Gasteiger partial charge in [-0.3, -0.25) is 4.79 Å². The molecule has 7 nitrogen and oxygen atoms in total. The van der Waals surface area contributed by atoms with Gasteiger partial charge in [-0.25, -0.2) is 4.68 Å². The first kappa shape index (κ1) is 22.3. The van der Waals surface area contributed by atoms with E-state index in [0.717, 1.165) is 50.2 Å². The van der Waals surface area contributed by atoms with E-state index >= 15 is 0 Å². The minimum atomic E-state index is -0.512. The zero-order valence-electron chi connectivity index (χ0n) is 18.7. The van der Waals surface area contributed by atoms with Crippen LogP contribution in [0.4, 0.5) is 5.82 Å². The van der Waals surface area contributed by atoms with Gasteiger partial charge in [0.25, 0.3) is 5.91 Å². The number of fused-ring (bicyclic) bond motifs is 1. The molecule has 0 aliphatic carbocycles. The molecule has 1 amide bonds. The number of nitrogens with two attached hydrogens (primary N) is 1. The maximum atomic E-state index is 12.5. The van der Waals surface area contributed by atoms with Crippen LogP contribution in [-0.4, -0.2) is 47.3 Å². The number of ether oxygens (including phenoxy) is 1. The van der Waals surface area contributed by atoms with Crippen LogP contribution in [0.1, 0.15) is 41.2 Å². The number of hydrogen-bond donors (Lipinski definition) is 2. The van der Waals surface area contributed by atoms with Crippen LogP contribution in [0, 0.1) is 12.8 Å². The number of benzene rings is 1. The molecule has 2 aliphatic rings. The molecule has 0 spiro atoms.